The maximum Gasteiger partial charge on any atom is 0.352 e. The summed E-state index contributed by atoms with van der Waals surface area (Å²) in [4.78, 5) is 14.3. The minimum absolute atomic E-state index is 0.0160. The molecular weight excluding hydrogens is 326 g/mol. The maximum atomic E-state index is 14.2. The van der Waals surface area contributed by atoms with Crippen LogP contribution in [0.25, 0.3) is 0 Å². The molecule has 0 radical (unpaired) electrons. The van der Waals surface area contributed by atoms with Crippen molar-refractivity contribution in [2.45, 2.75) is 42.7 Å². The summed E-state index contributed by atoms with van der Waals surface area (Å²) in [6.45, 7) is 2.99. The number of ether oxygens (including phenoxy) is 1. The number of halogens is 2. The number of thioether (sulfide) groups is 1. The lowest BCUT2D eigenvalue weighted by atomic mass is 9.75. The number of alkyl halides is 2. The molecule has 2 aliphatic heterocycles. The summed E-state index contributed by atoms with van der Waals surface area (Å²) >= 11 is 1.78. The highest BCUT2D eigenvalue weighted by Crippen LogP contribution is 2.44. The van der Waals surface area contributed by atoms with Gasteiger partial charge in [-0.3, -0.25) is 9.69 Å². The SMILES string of the molecule is O=C(NC[C@]1(N2CCOCC2)CCSC1)C(F)(F)C1(O)CCC1. The van der Waals surface area contributed by atoms with E-state index in [-0.39, 0.29) is 24.9 Å². The van der Waals surface area contributed by atoms with E-state index < -0.39 is 17.4 Å². The van der Waals surface area contributed by atoms with Gasteiger partial charge in [0.25, 0.3) is 5.91 Å². The molecule has 2 N–H and O–H groups in total. The molecule has 23 heavy (non-hydrogen) atoms. The van der Waals surface area contributed by atoms with Crippen molar-refractivity contribution in [1.82, 2.24) is 10.2 Å². The highest BCUT2D eigenvalue weighted by atomic mass is 32.2. The van der Waals surface area contributed by atoms with Gasteiger partial charge in [-0.1, -0.05) is 0 Å². The monoisotopic (exact) mass is 350 g/mol. The van der Waals surface area contributed by atoms with E-state index in [0.29, 0.717) is 19.6 Å². The molecule has 0 aromatic carbocycles. The van der Waals surface area contributed by atoms with Crippen molar-refractivity contribution >= 4 is 17.7 Å². The number of nitrogens with one attached hydrogen (secondary N) is 1. The molecule has 2 saturated heterocycles. The van der Waals surface area contributed by atoms with E-state index in [2.05, 4.69) is 10.2 Å². The Hall–Kier alpha value is -0.440. The third-order valence-corrected chi connectivity index (χ3v) is 6.63. The summed E-state index contributed by atoms with van der Waals surface area (Å²) in [6.07, 6.45) is 1.37. The second-order valence-electron chi connectivity index (χ2n) is 6.77. The van der Waals surface area contributed by atoms with Gasteiger partial charge < -0.3 is 15.2 Å². The predicted molar refractivity (Wildman–Crippen MR) is 83.8 cm³/mol. The average molecular weight is 350 g/mol. The van der Waals surface area contributed by atoms with Crippen molar-refractivity contribution in [2.75, 3.05) is 44.4 Å². The molecule has 0 aromatic heterocycles. The molecule has 1 aliphatic carbocycles. The number of rotatable bonds is 5. The summed E-state index contributed by atoms with van der Waals surface area (Å²) < 4.78 is 33.7. The number of aliphatic hydroxyl groups is 1. The largest absolute Gasteiger partial charge is 0.383 e. The number of nitrogens with zero attached hydrogens (tertiary/aromatic N) is 1. The number of hydrogen-bond donors (Lipinski definition) is 2. The fraction of sp³-hybridized carbons (Fsp3) is 0.933. The highest BCUT2D eigenvalue weighted by Gasteiger charge is 2.61. The quantitative estimate of drug-likeness (QED) is 0.770. The van der Waals surface area contributed by atoms with Gasteiger partial charge in [-0.05, 0) is 31.4 Å². The molecule has 1 saturated carbocycles. The van der Waals surface area contributed by atoms with Crippen LogP contribution in [0.1, 0.15) is 25.7 Å². The Labute approximate surface area is 139 Å². The lowest BCUT2D eigenvalue weighted by Crippen LogP contribution is -2.64. The number of morpholine rings is 1. The fourth-order valence-corrected chi connectivity index (χ4v) is 5.01. The summed E-state index contributed by atoms with van der Waals surface area (Å²) in [7, 11) is 0. The van der Waals surface area contributed by atoms with Gasteiger partial charge in [0.05, 0.1) is 13.2 Å². The Morgan fingerprint density at radius 2 is 2.00 bits per heavy atom. The molecule has 1 amide bonds. The zero-order valence-corrected chi connectivity index (χ0v) is 14.0. The molecular formula is C15H24F2N2O3S. The van der Waals surface area contributed by atoms with E-state index in [1.807, 2.05) is 0 Å². The van der Waals surface area contributed by atoms with Crippen LogP contribution in [0.3, 0.4) is 0 Å². The van der Waals surface area contributed by atoms with Crippen LogP contribution in [-0.4, -0.2) is 77.3 Å². The molecule has 3 rings (SSSR count). The van der Waals surface area contributed by atoms with Crippen LogP contribution in [0.5, 0.6) is 0 Å². The number of hydrogen-bond acceptors (Lipinski definition) is 5. The smallest absolute Gasteiger partial charge is 0.352 e. The summed E-state index contributed by atoms with van der Waals surface area (Å²) in [5, 5.41) is 12.3. The zero-order valence-electron chi connectivity index (χ0n) is 13.2. The van der Waals surface area contributed by atoms with E-state index in [1.165, 1.54) is 0 Å². The first kappa shape index (κ1) is 17.4. The Kier molecular flexibility index (Phi) is 4.88. The first-order valence-electron chi connectivity index (χ1n) is 8.19. The molecule has 2 heterocycles. The van der Waals surface area contributed by atoms with Crippen molar-refractivity contribution in [1.29, 1.82) is 0 Å². The predicted octanol–water partition coefficient (Wildman–Crippen LogP) is 0.861. The average Bonchev–Trinajstić information content (AvgIpc) is 3.01. The van der Waals surface area contributed by atoms with E-state index in [1.54, 1.807) is 11.8 Å². The first-order chi connectivity index (χ1) is 10.9. The summed E-state index contributed by atoms with van der Waals surface area (Å²) in [6, 6.07) is 0. The van der Waals surface area contributed by atoms with E-state index in [9.17, 15) is 18.7 Å². The second kappa shape index (κ2) is 6.46. The molecule has 0 bridgehead atoms. The maximum absolute atomic E-state index is 14.2. The Morgan fingerprint density at radius 3 is 2.52 bits per heavy atom. The number of amides is 1. The molecule has 8 heteroatoms. The minimum atomic E-state index is -3.72. The number of carbonyl (C=O) groups excluding carboxylic acids is 1. The van der Waals surface area contributed by atoms with Crippen LogP contribution in [0.4, 0.5) is 8.78 Å². The molecule has 132 valence electrons. The van der Waals surface area contributed by atoms with Crippen LogP contribution >= 0.6 is 11.8 Å². The Morgan fingerprint density at radius 1 is 1.30 bits per heavy atom. The van der Waals surface area contributed by atoms with Gasteiger partial charge in [-0.15, -0.1) is 0 Å². The molecule has 0 spiro atoms. The molecule has 3 fully saturated rings. The van der Waals surface area contributed by atoms with Crippen LogP contribution in [0.2, 0.25) is 0 Å². The Balaban J connectivity index is 1.63. The minimum Gasteiger partial charge on any atom is -0.383 e. The fourth-order valence-electron chi connectivity index (χ4n) is 3.53. The van der Waals surface area contributed by atoms with Crippen molar-refractivity contribution in [3.8, 4) is 0 Å². The third kappa shape index (κ3) is 3.10. The van der Waals surface area contributed by atoms with Gasteiger partial charge in [0.2, 0.25) is 0 Å². The van der Waals surface area contributed by atoms with Gasteiger partial charge >= 0.3 is 5.92 Å². The van der Waals surface area contributed by atoms with Gasteiger partial charge in [0, 0.05) is 30.9 Å². The van der Waals surface area contributed by atoms with Crippen molar-refractivity contribution in [3.63, 3.8) is 0 Å². The highest BCUT2D eigenvalue weighted by molar-refractivity contribution is 7.99. The van der Waals surface area contributed by atoms with Gasteiger partial charge in [0.1, 0.15) is 5.60 Å². The Bertz CT molecular complexity index is 448. The van der Waals surface area contributed by atoms with Crippen LogP contribution < -0.4 is 5.32 Å². The van der Waals surface area contributed by atoms with Gasteiger partial charge in [-0.2, -0.15) is 20.5 Å². The molecule has 0 unspecified atom stereocenters. The van der Waals surface area contributed by atoms with E-state index in [0.717, 1.165) is 31.0 Å². The van der Waals surface area contributed by atoms with Gasteiger partial charge in [0.15, 0.2) is 0 Å². The van der Waals surface area contributed by atoms with Crippen LogP contribution in [-0.2, 0) is 9.53 Å². The normalized spacial score (nSPS) is 31.6. The molecule has 5 nitrogen and oxygen atoms in total. The topological polar surface area (TPSA) is 61.8 Å². The van der Waals surface area contributed by atoms with Crippen molar-refractivity contribution < 1.29 is 23.4 Å². The standard InChI is InChI=1S/C15H24F2N2O3S/c16-15(17,14(21)2-1-3-14)12(20)18-10-13(4-9-23-11-13)19-5-7-22-8-6-19/h21H,1-11H2,(H,18,20)/t13-/m1/s1. The first-order valence-corrected chi connectivity index (χ1v) is 9.34. The summed E-state index contributed by atoms with van der Waals surface area (Å²) in [5.41, 5.74) is -2.43. The van der Waals surface area contributed by atoms with Gasteiger partial charge in [-0.25, -0.2) is 0 Å². The molecule has 3 aliphatic rings. The van der Waals surface area contributed by atoms with Crippen LogP contribution in [0.15, 0.2) is 0 Å². The summed E-state index contributed by atoms with van der Waals surface area (Å²) in [5.74, 6) is -3.27. The lowest BCUT2D eigenvalue weighted by molar-refractivity contribution is -0.216. The van der Waals surface area contributed by atoms with Crippen molar-refractivity contribution in [3.05, 3.63) is 0 Å². The second-order valence-corrected chi connectivity index (χ2v) is 7.87. The third-order valence-electron chi connectivity index (χ3n) is 5.39. The number of carbonyl (C=O) groups is 1. The molecule has 1 atom stereocenters. The van der Waals surface area contributed by atoms with E-state index in [4.69, 9.17) is 4.74 Å². The van der Waals surface area contributed by atoms with Crippen molar-refractivity contribution in [2.24, 2.45) is 0 Å². The zero-order chi connectivity index (χ0) is 16.6. The molecule has 0 aromatic rings. The van der Waals surface area contributed by atoms with E-state index >= 15 is 0 Å². The lowest BCUT2D eigenvalue weighted by Gasteiger charge is -2.44. The van der Waals surface area contributed by atoms with Crippen LogP contribution in [0, 0.1) is 0 Å².